The van der Waals surface area contributed by atoms with Gasteiger partial charge in [-0.15, -0.1) is 0 Å². The first-order valence-corrected chi connectivity index (χ1v) is 9.39. The molecule has 0 aromatic heterocycles. The van der Waals surface area contributed by atoms with E-state index in [0.717, 1.165) is 11.3 Å². The maximum Gasteiger partial charge on any atom is 0.246 e. The molecule has 2 amide bonds. The summed E-state index contributed by atoms with van der Waals surface area (Å²) in [4.78, 5) is 29.1. The molecule has 2 unspecified atom stereocenters. The molecule has 2 N–H and O–H groups in total. The fraction of sp³-hybridized carbons (Fsp3) is 0.300. The van der Waals surface area contributed by atoms with Crippen molar-refractivity contribution in [1.29, 1.82) is 0 Å². The van der Waals surface area contributed by atoms with Gasteiger partial charge in [0.05, 0.1) is 12.0 Å². The molecule has 2 saturated heterocycles. The van der Waals surface area contributed by atoms with E-state index in [4.69, 9.17) is 11.6 Å². The van der Waals surface area contributed by atoms with E-state index in [-0.39, 0.29) is 30.3 Å². The molecule has 0 bridgehead atoms. The lowest BCUT2D eigenvalue weighted by Crippen LogP contribution is -2.54. The third-order valence-electron chi connectivity index (χ3n) is 5.11. The van der Waals surface area contributed by atoms with Gasteiger partial charge >= 0.3 is 0 Å². The molecule has 140 valence electrons. The number of halogens is 1. The fourth-order valence-corrected chi connectivity index (χ4v) is 3.90. The van der Waals surface area contributed by atoms with Gasteiger partial charge in [0.2, 0.25) is 11.8 Å². The van der Waals surface area contributed by atoms with Crippen LogP contribution in [0.4, 0.5) is 5.69 Å². The summed E-state index contributed by atoms with van der Waals surface area (Å²) in [7, 11) is 0. The third kappa shape index (κ3) is 3.69. The Hall–Kier alpha value is -2.41. The molecule has 0 radical (unpaired) electrons. The highest BCUT2D eigenvalue weighted by Gasteiger charge is 2.38. The molecule has 2 atom stereocenters. The number of carbonyl (C=O) groups is 2. The Morgan fingerprint density at radius 3 is 2.63 bits per heavy atom. The monoisotopic (exact) mass is 384 g/mol. The number of piperazine rings is 1. The second-order valence-electron chi connectivity index (χ2n) is 6.81. The highest BCUT2D eigenvalue weighted by molar-refractivity contribution is 6.30. The zero-order valence-electron chi connectivity index (χ0n) is 14.8. The number of hydrazine groups is 1. The second kappa shape index (κ2) is 7.68. The van der Waals surface area contributed by atoms with Crippen molar-refractivity contribution in [2.24, 2.45) is 5.92 Å². The fourth-order valence-electron chi connectivity index (χ4n) is 3.72. The molecular formula is C20H21ClN4O2. The average Bonchev–Trinajstić information content (AvgIpc) is 3.18. The smallest absolute Gasteiger partial charge is 0.246 e. The predicted octanol–water partition coefficient (Wildman–Crippen LogP) is 1.98. The number of rotatable bonds is 3. The first-order valence-electron chi connectivity index (χ1n) is 9.01. The lowest BCUT2D eigenvalue weighted by Gasteiger charge is -2.36. The first kappa shape index (κ1) is 18.0. The Kier molecular flexibility index (Phi) is 5.11. The van der Waals surface area contributed by atoms with Crippen LogP contribution in [-0.2, 0) is 9.59 Å². The van der Waals surface area contributed by atoms with E-state index in [2.05, 4.69) is 10.9 Å². The van der Waals surface area contributed by atoms with Crippen molar-refractivity contribution in [3.05, 3.63) is 65.2 Å². The van der Waals surface area contributed by atoms with E-state index in [1.807, 2.05) is 42.5 Å². The van der Waals surface area contributed by atoms with Gasteiger partial charge in [-0.1, -0.05) is 48.0 Å². The predicted molar refractivity (Wildman–Crippen MR) is 104 cm³/mol. The van der Waals surface area contributed by atoms with E-state index < -0.39 is 0 Å². The molecule has 0 saturated carbocycles. The zero-order chi connectivity index (χ0) is 18.8. The maximum atomic E-state index is 13.1. The molecule has 27 heavy (non-hydrogen) atoms. The molecule has 4 rings (SSSR count). The minimum atomic E-state index is -0.238. The minimum Gasteiger partial charge on any atom is -0.331 e. The lowest BCUT2D eigenvalue weighted by atomic mass is 9.93. The van der Waals surface area contributed by atoms with Crippen molar-refractivity contribution in [3.8, 4) is 0 Å². The molecule has 2 aliphatic heterocycles. The number of anilines is 1. The topological polar surface area (TPSA) is 64.7 Å². The van der Waals surface area contributed by atoms with Gasteiger partial charge < -0.3 is 9.80 Å². The SMILES string of the molecule is O=C(C1CNNC1c1ccccc1)N1CCN(c2cccc(Cl)c2)C(=O)C1. The van der Waals surface area contributed by atoms with Crippen molar-refractivity contribution in [2.45, 2.75) is 6.04 Å². The van der Waals surface area contributed by atoms with Crippen LogP contribution in [0, 0.1) is 5.92 Å². The average molecular weight is 385 g/mol. The van der Waals surface area contributed by atoms with Crippen LogP contribution < -0.4 is 15.8 Å². The number of hydrogen-bond donors (Lipinski definition) is 2. The highest BCUT2D eigenvalue weighted by Crippen LogP contribution is 2.28. The summed E-state index contributed by atoms with van der Waals surface area (Å²) < 4.78 is 0. The summed E-state index contributed by atoms with van der Waals surface area (Å²) in [6.07, 6.45) is 0. The zero-order valence-corrected chi connectivity index (χ0v) is 15.5. The first-order chi connectivity index (χ1) is 13.1. The molecule has 2 aliphatic rings. The molecule has 7 heteroatoms. The van der Waals surface area contributed by atoms with Crippen LogP contribution in [-0.4, -0.2) is 42.9 Å². The summed E-state index contributed by atoms with van der Waals surface area (Å²) in [5.41, 5.74) is 8.10. The quantitative estimate of drug-likeness (QED) is 0.849. The van der Waals surface area contributed by atoms with Crippen LogP contribution >= 0.6 is 11.6 Å². The molecule has 6 nitrogen and oxygen atoms in total. The Morgan fingerprint density at radius 1 is 1.07 bits per heavy atom. The van der Waals surface area contributed by atoms with Gasteiger partial charge in [-0.05, 0) is 23.8 Å². The van der Waals surface area contributed by atoms with Gasteiger partial charge in [0.25, 0.3) is 0 Å². The molecule has 0 aliphatic carbocycles. The van der Waals surface area contributed by atoms with Crippen molar-refractivity contribution < 1.29 is 9.59 Å². The Morgan fingerprint density at radius 2 is 1.89 bits per heavy atom. The van der Waals surface area contributed by atoms with Gasteiger partial charge in [0, 0.05) is 30.3 Å². The number of nitrogens with one attached hydrogen (secondary N) is 2. The molecule has 0 spiro atoms. The number of benzene rings is 2. The van der Waals surface area contributed by atoms with Crippen LogP contribution in [0.5, 0.6) is 0 Å². The van der Waals surface area contributed by atoms with Crippen LogP contribution in [0.2, 0.25) is 5.02 Å². The second-order valence-corrected chi connectivity index (χ2v) is 7.24. The van der Waals surface area contributed by atoms with E-state index in [9.17, 15) is 9.59 Å². The normalized spacial score (nSPS) is 22.9. The third-order valence-corrected chi connectivity index (χ3v) is 5.35. The molecule has 2 heterocycles. The van der Waals surface area contributed by atoms with Gasteiger partial charge in [0.1, 0.15) is 6.54 Å². The van der Waals surface area contributed by atoms with Crippen molar-refractivity contribution in [1.82, 2.24) is 15.8 Å². The van der Waals surface area contributed by atoms with E-state index >= 15 is 0 Å². The minimum absolute atomic E-state index is 0.000414. The highest BCUT2D eigenvalue weighted by atomic mass is 35.5. The Labute approximate surface area is 163 Å². The number of carbonyl (C=O) groups excluding carboxylic acids is 2. The number of amides is 2. The lowest BCUT2D eigenvalue weighted by molar-refractivity contribution is -0.140. The van der Waals surface area contributed by atoms with Gasteiger partial charge in [-0.25, -0.2) is 5.43 Å². The van der Waals surface area contributed by atoms with E-state index in [1.54, 1.807) is 21.9 Å². The number of nitrogens with zero attached hydrogens (tertiary/aromatic N) is 2. The summed E-state index contributed by atoms with van der Waals surface area (Å²) >= 11 is 6.03. The summed E-state index contributed by atoms with van der Waals surface area (Å²) in [5, 5.41) is 0.590. The maximum absolute atomic E-state index is 13.1. The molecule has 2 aromatic carbocycles. The van der Waals surface area contributed by atoms with Gasteiger partial charge in [-0.3, -0.25) is 15.0 Å². The van der Waals surface area contributed by atoms with Crippen LogP contribution in [0.1, 0.15) is 11.6 Å². The molecule has 2 fully saturated rings. The van der Waals surface area contributed by atoms with Crippen LogP contribution in [0.15, 0.2) is 54.6 Å². The molecule has 2 aromatic rings. The van der Waals surface area contributed by atoms with E-state index in [1.165, 1.54) is 0 Å². The Balaban J connectivity index is 1.45. The van der Waals surface area contributed by atoms with Crippen molar-refractivity contribution in [3.63, 3.8) is 0 Å². The van der Waals surface area contributed by atoms with E-state index in [0.29, 0.717) is 24.7 Å². The van der Waals surface area contributed by atoms with Crippen LogP contribution in [0.3, 0.4) is 0 Å². The van der Waals surface area contributed by atoms with Crippen molar-refractivity contribution in [2.75, 3.05) is 31.1 Å². The molecular weight excluding hydrogens is 364 g/mol. The number of hydrogen-bond acceptors (Lipinski definition) is 4. The largest absolute Gasteiger partial charge is 0.331 e. The Bertz CT molecular complexity index is 845. The van der Waals surface area contributed by atoms with Crippen LogP contribution in [0.25, 0.3) is 0 Å². The van der Waals surface area contributed by atoms with Gasteiger partial charge in [-0.2, -0.15) is 0 Å². The van der Waals surface area contributed by atoms with Gasteiger partial charge in [0.15, 0.2) is 0 Å². The summed E-state index contributed by atoms with van der Waals surface area (Å²) in [6, 6.07) is 17.0. The standard InChI is InChI=1S/C20H21ClN4O2/c21-15-7-4-8-16(11-15)25-10-9-24(13-18(25)26)20(27)17-12-22-23-19(17)14-5-2-1-3-6-14/h1-8,11,17,19,22-23H,9-10,12-13H2. The summed E-state index contributed by atoms with van der Waals surface area (Å²) in [5.74, 6) is -0.328. The van der Waals surface area contributed by atoms with Crippen molar-refractivity contribution >= 4 is 29.1 Å². The summed E-state index contributed by atoms with van der Waals surface area (Å²) in [6.45, 7) is 1.61.